The lowest BCUT2D eigenvalue weighted by molar-refractivity contribution is -0.219. The Morgan fingerprint density at radius 3 is 1.98 bits per heavy atom. The van der Waals surface area contributed by atoms with Crippen LogP contribution in [0.2, 0.25) is 0 Å². The van der Waals surface area contributed by atoms with Crippen LogP contribution in [0.4, 0.5) is 43.9 Å². The summed E-state index contributed by atoms with van der Waals surface area (Å²) in [4.78, 5) is 0. The normalized spacial score (nSPS) is 17.3. The largest absolute Gasteiger partial charge is 0.432 e. The first-order valence-corrected chi connectivity index (χ1v) is 12.5. The van der Waals surface area contributed by atoms with Crippen LogP contribution in [0.25, 0.3) is 16.7 Å². The van der Waals surface area contributed by atoms with Gasteiger partial charge in [0.2, 0.25) is 0 Å². The number of rotatable bonds is 9. The summed E-state index contributed by atoms with van der Waals surface area (Å²) >= 11 is 0. The zero-order chi connectivity index (χ0) is 30.1. The molecule has 0 aliphatic heterocycles. The van der Waals surface area contributed by atoms with Gasteiger partial charge >= 0.3 is 6.11 Å². The first-order valence-electron chi connectivity index (χ1n) is 12.5. The molecule has 41 heavy (non-hydrogen) atoms. The lowest BCUT2D eigenvalue weighted by atomic mass is 9.88. The Morgan fingerprint density at radius 2 is 1.41 bits per heavy atom. The van der Waals surface area contributed by atoms with Crippen LogP contribution in [0.15, 0.2) is 60.4 Å². The van der Waals surface area contributed by atoms with Crippen LogP contribution in [0.5, 0.6) is 5.75 Å². The van der Waals surface area contributed by atoms with Crippen molar-refractivity contribution in [2.75, 3.05) is 0 Å². The molecule has 1 nitrogen and oxygen atoms in total. The van der Waals surface area contributed by atoms with Crippen LogP contribution in [0.1, 0.15) is 37.3 Å². The third kappa shape index (κ3) is 6.44. The molecule has 3 aromatic rings. The molecule has 3 aromatic carbocycles. The van der Waals surface area contributed by atoms with Gasteiger partial charge in [0.1, 0.15) is 41.1 Å². The van der Waals surface area contributed by atoms with Crippen molar-refractivity contribution in [1.82, 2.24) is 0 Å². The van der Waals surface area contributed by atoms with Gasteiger partial charge in [-0.25, -0.2) is 35.1 Å². The summed E-state index contributed by atoms with van der Waals surface area (Å²) in [5, 5.41) is 0. The smallest absolute Gasteiger partial charge is 0.410 e. The SMILES string of the molecule is CCCCCc1ccc(-c2cc(F)c(C3=CC(F)C(C(F)(F)Oc4cc(F)c(F)c(F)c4)C(F)=C3)c(F)c2)c(F)c1. The minimum Gasteiger partial charge on any atom is -0.432 e. The molecule has 11 heteroatoms. The summed E-state index contributed by atoms with van der Waals surface area (Å²) in [6.07, 6.45) is -3.72. The number of benzene rings is 3. The Bertz CT molecular complexity index is 1470. The second-order valence-electron chi connectivity index (χ2n) is 9.52. The summed E-state index contributed by atoms with van der Waals surface area (Å²) < 4.78 is 148. The lowest BCUT2D eigenvalue weighted by Crippen LogP contribution is -2.41. The number of allylic oxidation sites excluding steroid dienone is 3. The maximum atomic E-state index is 15.0. The Labute approximate surface area is 228 Å². The molecule has 0 aromatic heterocycles. The standard InChI is InChI=1S/C30H22F10O/c1-2-3-4-5-15-6-7-19(20(31)8-15)16-9-21(32)27(22(33)10-16)17-11-23(34)28(24(35)12-17)30(39,40)41-18-13-25(36)29(38)26(37)14-18/h6-14,23,28H,2-5H2,1H3. The molecule has 0 spiro atoms. The van der Waals surface area contributed by atoms with Gasteiger partial charge < -0.3 is 4.74 Å². The van der Waals surface area contributed by atoms with Crippen molar-refractivity contribution in [3.63, 3.8) is 0 Å². The van der Waals surface area contributed by atoms with Crippen LogP contribution < -0.4 is 4.74 Å². The zero-order valence-corrected chi connectivity index (χ0v) is 21.4. The molecule has 0 bridgehead atoms. The average molecular weight is 588 g/mol. The number of hydrogen-bond donors (Lipinski definition) is 0. The number of hydrogen-bond acceptors (Lipinski definition) is 1. The molecule has 218 valence electrons. The van der Waals surface area contributed by atoms with Gasteiger partial charge in [0.25, 0.3) is 0 Å². The van der Waals surface area contributed by atoms with Crippen LogP contribution in [-0.2, 0) is 6.42 Å². The maximum Gasteiger partial charge on any atom is 0.410 e. The molecule has 1 aliphatic rings. The minimum atomic E-state index is -4.76. The molecule has 0 saturated carbocycles. The van der Waals surface area contributed by atoms with Gasteiger partial charge in [-0.1, -0.05) is 31.9 Å². The van der Waals surface area contributed by atoms with E-state index in [1.807, 2.05) is 6.92 Å². The van der Waals surface area contributed by atoms with Crippen molar-refractivity contribution < 1.29 is 48.6 Å². The molecule has 0 amide bonds. The number of halogens is 10. The van der Waals surface area contributed by atoms with Crippen molar-refractivity contribution in [1.29, 1.82) is 0 Å². The number of aryl methyl sites for hydroxylation is 1. The van der Waals surface area contributed by atoms with Gasteiger partial charge in [0.05, 0.1) is 5.56 Å². The van der Waals surface area contributed by atoms with Gasteiger partial charge in [-0.15, -0.1) is 0 Å². The lowest BCUT2D eigenvalue weighted by Gasteiger charge is -2.30. The van der Waals surface area contributed by atoms with Gasteiger partial charge in [-0.05, 0) is 59.9 Å². The van der Waals surface area contributed by atoms with E-state index in [2.05, 4.69) is 4.74 Å². The zero-order valence-electron chi connectivity index (χ0n) is 21.4. The Kier molecular flexibility index (Phi) is 8.84. The number of ether oxygens (including phenoxy) is 1. The van der Waals surface area contributed by atoms with E-state index < -0.39 is 75.8 Å². The van der Waals surface area contributed by atoms with Crippen LogP contribution in [0, 0.1) is 40.8 Å². The van der Waals surface area contributed by atoms with Gasteiger partial charge in [-0.3, -0.25) is 0 Å². The van der Waals surface area contributed by atoms with E-state index in [1.165, 1.54) is 12.1 Å². The molecule has 4 rings (SSSR count). The van der Waals surface area contributed by atoms with Crippen LogP contribution in [0.3, 0.4) is 0 Å². The van der Waals surface area contributed by atoms with Crippen molar-refractivity contribution in [2.24, 2.45) is 5.92 Å². The molecule has 0 heterocycles. The predicted molar refractivity (Wildman–Crippen MR) is 132 cm³/mol. The van der Waals surface area contributed by atoms with Gasteiger partial charge in [0, 0.05) is 17.7 Å². The van der Waals surface area contributed by atoms with E-state index in [0.29, 0.717) is 18.1 Å². The topological polar surface area (TPSA) is 9.23 Å². The third-order valence-electron chi connectivity index (χ3n) is 6.57. The first kappa shape index (κ1) is 30.2. The Balaban J connectivity index is 1.59. The Hall–Kier alpha value is -3.76. The number of unbranched alkanes of at least 4 members (excludes halogenated alkanes) is 2. The first-order chi connectivity index (χ1) is 19.3. The summed E-state index contributed by atoms with van der Waals surface area (Å²) in [5.41, 5.74) is -1.33. The summed E-state index contributed by atoms with van der Waals surface area (Å²) in [6, 6.07) is 5.82. The monoisotopic (exact) mass is 588 g/mol. The number of alkyl halides is 3. The maximum absolute atomic E-state index is 15.0. The van der Waals surface area contributed by atoms with E-state index in [0.717, 1.165) is 31.4 Å². The van der Waals surface area contributed by atoms with E-state index in [4.69, 9.17) is 0 Å². The predicted octanol–water partition coefficient (Wildman–Crippen LogP) is 9.80. The fourth-order valence-corrected chi connectivity index (χ4v) is 4.55. The van der Waals surface area contributed by atoms with E-state index in [-0.39, 0.29) is 29.3 Å². The van der Waals surface area contributed by atoms with Gasteiger partial charge in [-0.2, -0.15) is 8.78 Å². The quantitative estimate of drug-likeness (QED) is 0.137. The van der Waals surface area contributed by atoms with E-state index in [9.17, 15) is 35.1 Å². The molecule has 0 N–H and O–H groups in total. The van der Waals surface area contributed by atoms with Gasteiger partial charge in [0.15, 0.2) is 17.5 Å². The van der Waals surface area contributed by atoms with Crippen molar-refractivity contribution in [3.8, 4) is 16.9 Å². The molecule has 2 atom stereocenters. The Morgan fingerprint density at radius 1 is 0.780 bits per heavy atom. The third-order valence-corrected chi connectivity index (χ3v) is 6.57. The molecule has 0 radical (unpaired) electrons. The van der Waals surface area contributed by atoms with E-state index >= 15 is 8.78 Å². The van der Waals surface area contributed by atoms with Crippen LogP contribution >= 0.6 is 0 Å². The van der Waals surface area contributed by atoms with Crippen molar-refractivity contribution in [3.05, 3.63) is 106 Å². The average Bonchev–Trinajstić information content (AvgIpc) is 2.86. The highest BCUT2D eigenvalue weighted by Crippen LogP contribution is 2.43. The highest BCUT2D eigenvalue weighted by Gasteiger charge is 2.51. The molecule has 0 fully saturated rings. The highest BCUT2D eigenvalue weighted by molar-refractivity contribution is 5.79. The minimum absolute atomic E-state index is 0.0560. The summed E-state index contributed by atoms with van der Waals surface area (Å²) in [5.74, 6) is -15.3. The molecule has 2 unspecified atom stereocenters. The molecule has 0 saturated heterocycles. The molecular weight excluding hydrogens is 566 g/mol. The summed E-state index contributed by atoms with van der Waals surface area (Å²) in [6.45, 7) is 2.02. The van der Waals surface area contributed by atoms with Crippen molar-refractivity contribution >= 4 is 5.57 Å². The molecule has 1 aliphatic carbocycles. The fourth-order valence-electron chi connectivity index (χ4n) is 4.55. The molecular formula is C30H22F10O. The fraction of sp³-hybridized carbons (Fsp3) is 0.267. The summed E-state index contributed by atoms with van der Waals surface area (Å²) in [7, 11) is 0. The van der Waals surface area contributed by atoms with Crippen LogP contribution in [-0.4, -0.2) is 12.3 Å². The second kappa shape index (κ2) is 12.0. The second-order valence-corrected chi connectivity index (χ2v) is 9.52. The van der Waals surface area contributed by atoms with E-state index in [1.54, 1.807) is 6.07 Å². The highest BCUT2D eigenvalue weighted by atomic mass is 19.3. The van der Waals surface area contributed by atoms with Crippen molar-refractivity contribution in [2.45, 2.75) is 44.9 Å².